The number of amides is 1. The summed E-state index contributed by atoms with van der Waals surface area (Å²) in [6.45, 7) is 9.93. The third-order valence-electron chi connectivity index (χ3n) is 4.34. The quantitative estimate of drug-likeness (QED) is 0.639. The number of carbonyl (C=O) groups is 1. The summed E-state index contributed by atoms with van der Waals surface area (Å²) >= 11 is 0. The number of carbonyl (C=O) groups excluding carboxylic acids is 1. The van der Waals surface area contributed by atoms with Crippen LogP contribution in [0.2, 0.25) is 0 Å². The summed E-state index contributed by atoms with van der Waals surface area (Å²) in [6, 6.07) is 9.63. The maximum Gasteiger partial charge on any atom is 0.276 e. The van der Waals surface area contributed by atoms with Gasteiger partial charge < -0.3 is 15.4 Å². The second kappa shape index (κ2) is 10.0. The van der Waals surface area contributed by atoms with Crippen molar-refractivity contribution < 1.29 is 9.53 Å². The fourth-order valence-corrected chi connectivity index (χ4v) is 2.85. The fourth-order valence-electron chi connectivity index (χ4n) is 2.85. The minimum atomic E-state index is -0.247. The highest BCUT2D eigenvalue weighted by molar-refractivity contribution is 6.03. The number of benzene rings is 1. The maximum absolute atomic E-state index is 12.7. The summed E-state index contributed by atoms with van der Waals surface area (Å²) in [6.07, 6.45) is 0.879. The van der Waals surface area contributed by atoms with Crippen molar-refractivity contribution in [2.45, 2.75) is 46.0 Å². The second-order valence-electron chi connectivity index (χ2n) is 7.15. The molecule has 2 N–H and O–H groups in total. The topological polar surface area (TPSA) is 76.1 Å². The van der Waals surface area contributed by atoms with Gasteiger partial charge in [0, 0.05) is 25.9 Å². The minimum absolute atomic E-state index is 0.247. The number of ether oxygens (including phenoxy) is 1. The molecule has 6 nitrogen and oxygen atoms in total. The predicted octanol–water partition coefficient (Wildman–Crippen LogP) is 4.42. The van der Waals surface area contributed by atoms with E-state index in [2.05, 4.69) is 60.7 Å². The van der Waals surface area contributed by atoms with Gasteiger partial charge in [-0.2, -0.15) is 0 Å². The molecule has 0 bridgehead atoms. The van der Waals surface area contributed by atoms with Gasteiger partial charge in [0.25, 0.3) is 5.91 Å². The normalized spacial score (nSPS) is 11.1. The van der Waals surface area contributed by atoms with Gasteiger partial charge in [-0.3, -0.25) is 4.79 Å². The Morgan fingerprint density at radius 1 is 1.04 bits per heavy atom. The highest BCUT2D eigenvalue weighted by Crippen LogP contribution is 2.32. The third kappa shape index (κ3) is 5.76. The number of rotatable bonds is 9. The Morgan fingerprint density at radius 3 is 2.22 bits per heavy atom. The molecule has 1 amide bonds. The van der Waals surface area contributed by atoms with E-state index < -0.39 is 0 Å². The Bertz CT molecular complexity index is 716. The largest absolute Gasteiger partial charge is 0.385 e. The third-order valence-corrected chi connectivity index (χ3v) is 4.34. The van der Waals surface area contributed by atoms with Crippen LogP contribution in [-0.4, -0.2) is 36.4 Å². The van der Waals surface area contributed by atoms with Crippen molar-refractivity contribution in [3.63, 3.8) is 0 Å². The Hall–Kier alpha value is -2.47. The number of para-hydroxylation sites is 1. The molecule has 0 atom stereocenters. The molecule has 0 saturated carbocycles. The monoisotopic (exact) mass is 370 g/mol. The van der Waals surface area contributed by atoms with E-state index in [0.29, 0.717) is 30.0 Å². The number of nitrogens with zero attached hydrogens (tertiary/aromatic N) is 2. The van der Waals surface area contributed by atoms with Crippen LogP contribution >= 0.6 is 0 Å². The van der Waals surface area contributed by atoms with Crippen molar-refractivity contribution in [3.8, 4) is 0 Å². The SMILES string of the molecule is COCCCNc1ccc(C(=O)Nc2c(C(C)C)cccc2C(C)C)nn1. The van der Waals surface area contributed by atoms with Crippen LogP contribution in [0.4, 0.5) is 11.5 Å². The molecule has 0 fully saturated rings. The van der Waals surface area contributed by atoms with Gasteiger partial charge in [-0.05, 0) is 41.5 Å². The summed E-state index contributed by atoms with van der Waals surface area (Å²) < 4.78 is 5.01. The van der Waals surface area contributed by atoms with Crippen LogP contribution in [0.15, 0.2) is 30.3 Å². The second-order valence-corrected chi connectivity index (χ2v) is 7.15. The predicted molar refractivity (Wildman–Crippen MR) is 110 cm³/mol. The number of hydrogen-bond acceptors (Lipinski definition) is 5. The molecule has 146 valence electrons. The molecular weight excluding hydrogens is 340 g/mol. The van der Waals surface area contributed by atoms with Crippen LogP contribution < -0.4 is 10.6 Å². The van der Waals surface area contributed by atoms with Crippen LogP contribution in [0.3, 0.4) is 0 Å². The molecule has 0 aliphatic carbocycles. The molecule has 2 aromatic rings. The average Bonchev–Trinajstić information content (AvgIpc) is 2.65. The van der Waals surface area contributed by atoms with E-state index in [9.17, 15) is 4.79 Å². The maximum atomic E-state index is 12.7. The van der Waals surface area contributed by atoms with Gasteiger partial charge in [0.2, 0.25) is 0 Å². The molecule has 6 heteroatoms. The molecule has 0 unspecified atom stereocenters. The van der Waals surface area contributed by atoms with E-state index in [0.717, 1.165) is 29.8 Å². The summed E-state index contributed by atoms with van der Waals surface area (Å²) in [4.78, 5) is 12.7. The van der Waals surface area contributed by atoms with E-state index in [1.165, 1.54) is 0 Å². The smallest absolute Gasteiger partial charge is 0.276 e. The molecule has 1 heterocycles. The first kappa shape index (κ1) is 20.8. The molecule has 0 saturated heterocycles. The lowest BCUT2D eigenvalue weighted by molar-refractivity contribution is 0.102. The lowest BCUT2D eigenvalue weighted by Gasteiger charge is -2.20. The zero-order valence-electron chi connectivity index (χ0n) is 16.9. The van der Waals surface area contributed by atoms with E-state index in [4.69, 9.17) is 4.74 Å². The van der Waals surface area contributed by atoms with Crippen molar-refractivity contribution >= 4 is 17.4 Å². The van der Waals surface area contributed by atoms with Crippen molar-refractivity contribution in [1.82, 2.24) is 10.2 Å². The molecule has 0 radical (unpaired) electrons. The standard InChI is InChI=1S/C21H30N4O2/c1-14(2)16-8-6-9-17(15(3)4)20(16)23-21(26)18-10-11-19(25-24-18)22-12-7-13-27-5/h6,8-11,14-15H,7,12-13H2,1-5H3,(H,22,25)(H,23,26). The van der Waals surface area contributed by atoms with Gasteiger partial charge >= 0.3 is 0 Å². The molecule has 1 aromatic carbocycles. The highest BCUT2D eigenvalue weighted by atomic mass is 16.5. The average molecular weight is 370 g/mol. The van der Waals surface area contributed by atoms with Gasteiger partial charge in [0.05, 0.1) is 0 Å². The first-order valence-electron chi connectivity index (χ1n) is 9.44. The number of methoxy groups -OCH3 is 1. The molecule has 0 spiro atoms. The summed E-state index contributed by atoms with van der Waals surface area (Å²) in [7, 11) is 1.68. The van der Waals surface area contributed by atoms with Gasteiger partial charge in [-0.1, -0.05) is 45.9 Å². The fraction of sp³-hybridized carbons (Fsp3) is 0.476. The molecule has 0 aliphatic heterocycles. The zero-order chi connectivity index (χ0) is 19.8. The minimum Gasteiger partial charge on any atom is -0.385 e. The van der Waals surface area contributed by atoms with Crippen molar-refractivity contribution in [2.24, 2.45) is 0 Å². The van der Waals surface area contributed by atoms with Crippen molar-refractivity contribution in [2.75, 3.05) is 30.9 Å². The van der Waals surface area contributed by atoms with Gasteiger partial charge in [-0.25, -0.2) is 0 Å². The van der Waals surface area contributed by atoms with Crippen molar-refractivity contribution in [3.05, 3.63) is 47.2 Å². The summed E-state index contributed by atoms with van der Waals surface area (Å²) in [5, 5.41) is 14.4. The van der Waals surface area contributed by atoms with Crippen LogP contribution in [0.5, 0.6) is 0 Å². The van der Waals surface area contributed by atoms with Crippen LogP contribution in [0.25, 0.3) is 0 Å². The zero-order valence-corrected chi connectivity index (χ0v) is 16.9. The number of hydrogen-bond donors (Lipinski definition) is 2. The van der Waals surface area contributed by atoms with Crippen LogP contribution in [0, 0.1) is 0 Å². The van der Waals surface area contributed by atoms with E-state index >= 15 is 0 Å². The molecular formula is C21H30N4O2. The molecule has 0 aliphatic rings. The Morgan fingerprint density at radius 2 is 1.70 bits per heavy atom. The van der Waals surface area contributed by atoms with Gasteiger partial charge in [-0.15, -0.1) is 10.2 Å². The highest BCUT2D eigenvalue weighted by Gasteiger charge is 2.17. The van der Waals surface area contributed by atoms with Crippen molar-refractivity contribution in [1.29, 1.82) is 0 Å². The number of nitrogens with one attached hydrogen (secondary N) is 2. The van der Waals surface area contributed by atoms with E-state index in [1.807, 2.05) is 6.07 Å². The lowest BCUT2D eigenvalue weighted by Crippen LogP contribution is -2.18. The lowest BCUT2D eigenvalue weighted by atomic mass is 9.92. The summed E-state index contributed by atoms with van der Waals surface area (Å²) in [5.41, 5.74) is 3.43. The van der Waals surface area contributed by atoms with E-state index in [-0.39, 0.29) is 5.91 Å². The Balaban J connectivity index is 2.13. The molecule has 27 heavy (non-hydrogen) atoms. The van der Waals surface area contributed by atoms with Crippen LogP contribution in [-0.2, 0) is 4.74 Å². The Labute approximate surface area is 161 Å². The summed E-state index contributed by atoms with van der Waals surface area (Å²) in [5.74, 6) is 1.02. The first-order chi connectivity index (χ1) is 12.9. The first-order valence-corrected chi connectivity index (χ1v) is 9.44. The Kier molecular flexibility index (Phi) is 7.73. The van der Waals surface area contributed by atoms with E-state index in [1.54, 1.807) is 19.2 Å². The molecule has 1 aromatic heterocycles. The van der Waals surface area contributed by atoms with Gasteiger partial charge in [0.1, 0.15) is 5.82 Å². The number of aromatic nitrogens is 2. The number of anilines is 2. The molecule has 2 rings (SSSR count). The van der Waals surface area contributed by atoms with Crippen LogP contribution in [0.1, 0.15) is 67.6 Å². The van der Waals surface area contributed by atoms with Gasteiger partial charge in [0.15, 0.2) is 5.69 Å².